The molecule has 2 atom stereocenters. The van der Waals surface area contributed by atoms with E-state index in [-0.39, 0.29) is 5.82 Å². The zero-order valence-corrected chi connectivity index (χ0v) is 16.1. The van der Waals surface area contributed by atoms with Crippen molar-refractivity contribution in [2.24, 2.45) is 5.73 Å². The molecule has 1 heterocycles. The third kappa shape index (κ3) is 7.58. The van der Waals surface area contributed by atoms with Gasteiger partial charge in [-0.1, -0.05) is 32.9 Å². The quantitative estimate of drug-likeness (QED) is 0.560. The maximum atomic E-state index is 13.6. The van der Waals surface area contributed by atoms with Crippen LogP contribution in [0.25, 0.3) is 0 Å². The summed E-state index contributed by atoms with van der Waals surface area (Å²) in [6.45, 7) is 7.33. The van der Waals surface area contributed by atoms with Gasteiger partial charge in [-0.15, -0.1) is 0 Å². The van der Waals surface area contributed by atoms with Crippen LogP contribution in [-0.4, -0.2) is 39.0 Å². The third-order valence-electron chi connectivity index (χ3n) is 3.97. The summed E-state index contributed by atoms with van der Waals surface area (Å²) < 4.78 is 32.4. The number of nitrogens with two attached hydrogens (primary N) is 1. The molecule has 0 fully saturated rings. The number of carbonyl (C=O) groups is 2. The summed E-state index contributed by atoms with van der Waals surface area (Å²) in [4.78, 5) is 26.7. The lowest BCUT2D eigenvalue weighted by Crippen LogP contribution is -2.39. The molecular weight excluding hydrogens is 362 g/mol. The number of hydrogen-bond acceptors (Lipinski definition) is 6. The van der Waals surface area contributed by atoms with Crippen molar-refractivity contribution in [3.63, 3.8) is 0 Å². The Labute approximate surface area is 156 Å². The first-order chi connectivity index (χ1) is 12.4. The molecule has 8 nitrogen and oxygen atoms in total. The van der Waals surface area contributed by atoms with E-state index >= 15 is 0 Å². The van der Waals surface area contributed by atoms with Crippen LogP contribution >= 0.6 is 0 Å². The van der Waals surface area contributed by atoms with Gasteiger partial charge in [0.05, 0.1) is 6.04 Å². The van der Waals surface area contributed by atoms with Crippen LogP contribution in [0.15, 0.2) is 4.52 Å². The van der Waals surface area contributed by atoms with Crippen molar-refractivity contribution in [2.75, 3.05) is 0 Å². The number of aromatic nitrogens is 2. The molecule has 0 aliphatic rings. The van der Waals surface area contributed by atoms with Gasteiger partial charge in [0.25, 0.3) is 0 Å². The Kier molecular flexibility index (Phi) is 7.82. The topological polar surface area (TPSA) is 131 Å². The summed E-state index contributed by atoms with van der Waals surface area (Å²) in [6.07, 6.45) is -3.20. The van der Waals surface area contributed by atoms with E-state index in [0.29, 0.717) is 12.3 Å². The summed E-state index contributed by atoms with van der Waals surface area (Å²) in [5.74, 6) is -4.25. The molecule has 4 N–H and O–H groups in total. The SMILES string of the molecule is CC[C@H](NC(=O)CCC(F)(F)CCC(N)=O)[C@H](O)c1noc(C(C)(C)C)n1. The van der Waals surface area contributed by atoms with Crippen LogP contribution in [-0.2, 0) is 15.0 Å². The second-order valence-electron chi connectivity index (χ2n) is 7.56. The molecule has 0 saturated carbocycles. The number of carbonyl (C=O) groups excluding carboxylic acids is 2. The highest BCUT2D eigenvalue weighted by Crippen LogP contribution is 2.26. The minimum Gasteiger partial charge on any atom is -0.383 e. The molecule has 0 radical (unpaired) electrons. The van der Waals surface area contributed by atoms with Gasteiger partial charge in [-0.25, -0.2) is 8.78 Å². The summed E-state index contributed by atoms with van der Waals surface area (Å²) >= 11 is 0. The number of primary amides is 1. The van der Waals surface area contributed by atoms with Gasteiger partial charge >= 0.3 is 0 Å². The average Bonchev–Trinajstić information content (AvgIpc) is 3.06. The maximum Gasteiger partial charge on any atom is 0.249 e. The van der Waals surface area contributed by atoms with E-state index in [0.717, 1.165) is 0 Å². The molecule has 0 spiro atoms. The second-order valence-corrected chi connectivity index (χ2v) is 7.56. The van der Waals surface area contributed by atoms with Crippen LogP contribution in [0, 0.1) is 0 Å². The van der Waals surface area contributed by atoms with E-state index in [4.69, 9.17) is 10.3 Å². The van der Waals surface area contributed by atoms with E-state index in [1.54, 1.807) is 6.92 Å². The third-order valence-corrected chi connectivity index (χ3v) is 3.97. The van der Waals surface area contributed by atoms with E-state index < -0.39 is 61.0 Å². The van der Waals surface area contributed by atoms with Crippen molar-refractivity contribution in [2.45, 2.75) is 83.3 Å². The first-order valence-electron chi connectivity index (χ1n) is 8.83. The molecule has 0 aromatic carbocycles. The lowest BCUT2D eigenvalue weighted by atomic mass is 9.97. The molecule has 0 saturated heterocycles. The van der Waals surface area contributed by atoms with Crippen molar-refractivity contribution >= 4 is 11.8 Å². The largest absolute Gasteiger partial charge is 0.383 e. The number of halogens is 2. The molecule has 2 amide bonds. The highest BCUT2D eigenvalue weighted by atomic mass is 19.3. The van der Waals surface area contributed by atoms with Gasteiger partial charge in [-0.3, -0.25) is 9.59 Å². The van der Waals surface area contributed by atoms with Crippen molar-refractivity contribution in [1.82, 2.24) is 15.5 Å². The van der Waals surface area contributed by atoms with E-state index in [9.17, 15) is 23.5 Å². The second kappa shape index (κ2) is 9.20. The predicted octanol–water partition coefficient (Wildman–Crippen LogP) is 1.98. The van der Waals surface area contributed by atoms with Crippen LogP contribution in [0.3, 0.4) is 0 Å². The van der Waals surface area contributed by atoms with Gasteiger partial charge in [-0.2, -0.15) is 4.98 Å². The smallest absolute Gasteiger partial charge is 0.249 e. The first-order valence-corrected chi connectivity index (χ1v) is 8.83. The van der Waals surface area contributed by atoms with Crippen molar-refractivity contribution in [3.8, 4) is 0 Å². The van der Waals surface area contributed by atoms with E-state index in [1.165, 1.54) is 0 Å². The number of hydrogen-bond donors (Lipinski definition) is 3. The first kappa shape index (κ1) is 22.9. The monoisotopic (exact) mass is 390 g/mol. The van der Waals surface area contributed by atoms with Gasteiger partial charge < -0.3 is 20.7 Å². The Balaban J connectivity index is 2.62. The fourth-order valence-corrected chi connectivity index (χ4v) is 2.25. The molecule has 10 heteroatoms. The van der Waals surface area contributed by atoms with E-state index in [1.807, 2.05) is 20.8 Å². The van der Waals surface area contributed by atoms with E-state index in [2.05, 4.69) is 15.5 Å². The summed E-state index contributed by atoms with van der Waals surface area (Å²) in [5, 5.41) is 16.6. The van der Waals surface area contributed by atoms with Crippen LogP contribution in [0.2, 0.25) is 0 Å². The number of aliphatic hydroxyl groups excluding tert-OH is 1. The van der Waals surface area contributed by atoms with Crippen LogP contribution in [0.1, 0.15) is 77.6 Å². The Morgan fingerprint density at radius 1 is 1.26 bits per heavy atom. The van der Waals surface area contributed by atoms with Gasteiger partial charge in [0.2, 0.25) is 29.5 Å². The lowest BCUT2D eigenvalue weighted by molar-refractivity contribution is -0.125. The zero-order chi connectivity index (χ0) is 20.8. The summed E-state index contributed by atoms with van der Waals surface area (Å²) in [5.41, 5.74) is 4.46. The summed E-state index contributed by atoms with van der Waals surface area (Å²) in [6, 6.07) is -0.748. The minimum atomic E-state index is -3.16. The number of rotatable bonds is 10. The fourth-order valence-electron chi connectivity index (χ4n) is 2.25. The lowest BCUT2D eigenvalue weighted by Gasteiger charge is -2.21. The standard InChI is InChI=1S/C17H28F2N4O4/c1-5-10(13(26)14-22-15(27-23-14)16(2,3)4)21-12(25)7-9-17(18,19)8-6-11(20)24/h10,13,26H,5-9H2,1-4H3,(H2,20,24)(H,21,25)/t10-,13-/m0/s1. The fraction of sp³-hybridized carbons (Fsp3) is 0.765. The van der Waals surface area contributed by atoms with Gasteiger partial charge in [0.1, 0.15) is 6.10 Å². The molecule has 1 aromatic rings. The van der Waals surface area contributed by atoms with Crippen LogP contribution in [0.5, 0.6) is 0 Å². The molecule has 1 rings (SSSR count). The Morgan fingerprint density at radius 3 is 2.33 bits per heavy atom. The normalized spacial score (nSPS) is 14.6. The van der Waals surface area contributed by atoms with Crippen molar-refractivity contribution < 1.29 is 28.0 Å². The molecule has 0 aliphatic heterocycles. The number of aliphatic hydroxyl groups is 1. The van der Waals surface area contributed by atoms with Gasteiger partial charge in [-0.05, 0) is 6.42 Å². The zero-order valence-electron chi connectivity index (χ0n) is 16.1. The number of nitrogens with zero attached hydrogens (tertiary/aromatic N) is 2. The number of nitrogens with one attached hydrogen (secondary N) is 1. The molecular formula is C17H28F2N4O4. The molecule has 0 bridgehead atoms. The molecule has 154 valence electrons. The molecule has 0 unspecified atom stereocenters. The summed E-state index contributed by atoms with van der Waals surface area (Å²) in [7, 11) is 0. The number of alkyl halides is 2. The van der Waals surface area contributed by atoms with Crippen LogP contribution < -0.4 is 11.1 Å². The Morgan fingerprint density at radius 2 is 1.85 bits per heavy atom. The highest BCUT2D eigenvalue weighted by Gasteiger charge is 2.32. The Hall–Kier alpha value is -2.10. The number of amides is 2. The van der Waals surface area contributed by atoms with Crippen molar-refractivity contribution in [3.05, 3.63) is 11.7 Å². The Bertz CT molecular complexity index is 643. The van der Waals surface area contributed by atoms with Gasteiger partial charge in [0, 0.05) is 31.1 Å². The predicted molar refractivity (Wildman–Crippen MR) is 92.8 cm³/mol. The highest BCUT2D eigenvalue weighted by molar-refractivity contribution is 5.76. The van der Waals surface area contributed by atoms with Crippen molar-refractivity contribution in [1.29, 1.82) is 0 Å². The molecule has 0 aliphatic carbocycles. The van der Waals surface area contributed by atoms with Crippen LogP contribution in [0.4, 0.5) is 8.78 Å². The average molecular weight is 390 g/mol. The molecule has 1 aromatic heterocycles. The molecule has 27 heavy (non-hydrogen) atoms. The maximum absolute atomic E-state index is 13.6. The minimum absolute atomic E-state index is 0.0267. The van der Waals surface area contributed by atoms with Gasteiger partial charge in [0.15, 0.2) is 0 Å².